The van der Waals surface area contributed by atoms with Crippen LogP contribution in [0, 0.1) is 17.8 Å². The van der Waals surface area contributed by atoms with Crippen molar-refractivity contribution in [1.82, 2.24) is 10.2 Å². The number of benzene rings is 1. The molecule has 5 aliphatic rings. The first-order chi connectivity index (χ1) is 25.0. The van der Waals surface area contributed by atoms with E-state index in [1.54, 1.807) is 10.8 Å². The lowest BCUT2D eigenvalue weighted by atomic mass is 9.72. The van der Waals surface area contributed by atoms with Crippen LogP contribution in [0.1, 0.15) is 135 Å². The van der Waals surface area contributed by atoms with E-state index in [2.05, 4.69) is 24.2 Å². The molecule has 2 aliphatic carbocycles. The zero-order chi connectivity index (χ0) is 37.1. The number of phenols is 1. The number of phenolic OH excluding ortho intramolecular Hbond substituents is 1. The van der Waals surface area contributed by atoms with Gasteiger partial charge in [0.1, 0.15) is 5.60 Å². The Morgan fingerprint density at radius 3 is 2.62 bits per heavy atom. The summed E-state index contributed by atoms with van der Waals surface area (Å²) < 4.78 is 12.5. The van der Waals surface area contributed by atoms with Crippen molar-refractivity contribution in [2.45, 2.75) is 160 Å². The molecule has 3 heterocycles. The Kier molecular flexibility index (Phi) is 15.6. The largest absolute Gasteiger partial charge is 0.504 e. The molecule has 2 saturated carbocycles. The van der Waals surface area contributed by atoms with E-state index in [4.69, 9.17) is 15.2 Å². The molecule has 0 radical (unpaired) electrons. The number of nitrogens with one attached hydrogen (secondary N) is 1. The molecule has 0 aromatic heterocycles. The van der Waals surface area contributed by atoms with Crippen molar-refractivity contribution < 1.29 is 29.3 Å². The lowest BCUT2D eigenvalue weighted by Gasteiger charge is -2.42. The number of fused-ring (bicyclic) bond motifs is 14. The number of aliphatic imine (C=N–C) groups is 1. The first-order valence-corrected chi connectivity index (χ1v) is 22.5. The molecule has 5 unspecified atom stereocenters. The fourth-order valence-electron chi connectivity index (χ4n) is 8.82. The molecule has 3 fully saturated rings. The van der Waals surface area contributed by atoms with Gasteiger partial charge < -0.3 is 35.6 Å². The Hall–Kier alpha value is -2.31. The Morgan fingerprint density at radius 1 is 1.08 bits per heavy atom. The van der Waals surface area contributed by atoms with Gasteiger partial charge in [0.05, 0.1) is 18.1 Å². The van der Waals surface area contributed by atoms with Crippen molar-refractivity contribution in [3.63, 3.8) is 0 Å². The molecule has 6 rings (SSSR count). The highest BCUT2D eigenvalue weighted by Crippen LogP contribution is 2.43. The smallest absolute Gasteiger partial charge is 0.303 e. The Bertz CT molecular complexity index is 1360. The molecule has 12 heteroatoms. The second-order valence-corrected chi connectivity index (χ2v) is 18.7. The maximum Gasteiger partial charge on any atom is 0.303 e. The number of aliphatic hydroxyl groups is 1. The van der Waals surface area contributed by atoms with Gasteiger partial charge >= 0.3 is 5.97 Å². The SMILES string of the molecule is CC(=O)OC12CCc3cc(c(O)c(OC4CCCC4)c3)CN3C(=O)CC(CCNC(N)=NCSSCCCCCC(CC1)C(O)C2)C3CCC(C)C. The topological polar surface area (TPSA) is 147 Å². The van der Waals surface area contributed by atoms with E-state index >= 15 is 0 Å². The Morgan fingerprint density at radius 2 is 1.87 bits per heavy atom. The Labute approximate surface area is 319 Å². The van der Waals surface area contributed by atoms with Crippen LogP contribution >= 0.6 is 21.6 Å². The predicted molar refractivity (Wildman–Crippen MR) is 211 cm³/mol. The van der Waals surface area contributed by atoms with E-state index in [1.165, 1.54) is 6.92 Å². The number of esters is 1. The van der Waals surface area contributed by atoms with E-state index < -0.39 is 11.7 Å². The van der Waals surface area contributed by atoms with Gasteiger partial charge in [0.25, 0.3) is 0 Å². The molecule has 1 aromatic carbocycles. The average Bonchev–Trinajstić information content (AvgIpc) is 3.71. The summed E-state index contributed by atoms with van der Waals surface area (Å²) in [5, 5.41) is 26.3. The van der Waals surface area contributed by atoms with Crippen molar-refractivity contribution in [1.29, 1.82) is 0 Å². The number of aromatic hydroxyl groups is 1. The number of amides is 1. The maximum absolute atomic E-state index is 13.8. The standard InChI is InChI=1S/C40H64N4O6S2/c1-27(2)12-13-34-31-16-19-42-39(41)43-26-52-51-20-8-4-5-9-30-15-18-40(24-35(30)46,50-28(3)45)17-14-29-21-32(25-44(34)37(47)23-31)38(48)36(22-29)49-33-10-6-7-11-33/h21-22,27,30-31,33-35,46,48H,4-20,23-26H2,1-3H3,(H3,41,42,43). The summed E-state index contributed by atoms with van der Waals surface area (Å²) >= 11 is 0. The fourth-order valence-corrected chi connectivity index (χ4v) is 10.6. The number of nitrogens with two attached hydrogens (primary N) is 1. The lowest BCUT2D eigenvalue weighted by Crippen LogP contribution is -2.45. The number of aliphatic hydroxyl groups excluding tert-OH is 1. The van der Waals surface area contributed by atoms with Gasteiger partial charge in [0.15, 0.2) is 17.5 Å². The van der Waals surface area contributed by atoms with Crippen molar-refractivity contribution in [3.8, 4) is 11.5 Å². The number of carbonyl (C=O) groups excluding carboxylic acids is 2. The number of aryl methyl sites for hydroxylation is 1. The van der Waals surface area contributed by atoms with Gasteiger partial charge in [-0.05, 0) is 113 Å². The third kappa shape index (κ3) is 11.8. The summed E-state index contributed by atoms with van der Waals surface area (Å²) in [5.41, 5.74) is 7.13. The normalized spacial score (nSPS) is 29.1. The van der Waals surface area contributed by atoms with Gasteiger partial charge in [-0.1, -0.05) is 54.3 Å². The quantitative estimate of drug-likeness (QED) is 0.170. The second kappa shape index (κ2) is 19.9. The van der Waals surface area contributed by atoms with E-state index in [9.17, 15) is 19.8 Å². The van der Waals surface area contributed by atoms with Gasteiger partial charge in [0, 0.05) is 50.2 Å². The van der Waals surface area contributed by atoms with Gasteiger partial charge in [-0.2, -0.15) is 0 Å². The molecule has 10 nitrogen and oxygen atoms in total. The zero-order valence-electron chi connectivity index (χ0n) is 31.8. The lowest BCUT2D eigenvalue weighted by molar-refractivity contribution is -0.168. The number of rotatable bonds is 6. The minimum Gasteiger partial charge on any atom is -0.504 e. The van der Waals surface area contributed by atoms with Crippen molar-refractivity contribution in [2.24, 2.45) is 28.5 Å². The third-order valence-corrected chi connectivity index (χ3v) is 13.9. The highest BCUT2D eigenvalue weighted by molar-refractivity contribution is 8.76. The highest BCUT2D eigenvalue weighted by atomic mass is 33.1. The van der Waals surface area contributed by atoms with Crippen LogP contribution < -0.4 is 15.8 Å². The maximum atomic E-state index is 13.8. The molecule has 3 aliphatic heterocycles. The first kappa shape index (κ1) is 40.9. The van der Waals surface area contributed by atoms with Crippen LogP contribution in [-0.2, 0) is 27.3 Å². The molecular weight excluding hydrogens is 697 g/mol. The number of guanidine groups is 1. The van der Waals surface area contributed by atoms with Crippen LogP contribution in [0.5, 0.6) is 11.5 Å². The summed E-state index contributed by atoms with van der Waals surface area (Å²) in [5.74, 6) is 3.30. The van der Waals surface area contributed by atoms with Crippen molar-refractivity contribution >= 4 is 39.4 Å². The fraction of sp³-hybridized carbons (Fsp3) is 0.775. The molecule has 1 amide bonds. The van der Waals surface area contributed by atoms with Gasteiger partial charge in [-0.25, -0.2) is 4.99 Å². The van der Waals surface area contributed by atoms with Crippen LogP contribution in [0.4, 0.5) is 0 Å². The Balaban J connectivity index is 1.43. The van der Waals surface area contributed by atoms with E-state index in [-0.39, 0.29) is 41.6 Å². The molecule has 1 aromatic rings. The number of ether oxygens (including phenoxy) is 2. The molecule has 0 spiro atoms. The summed E-state index contributed by atoms with van der Waals surface area (Å²) in [6, 6.07) is 4.00. The van der Waals surface area contributed by atoms with Crippen LogP contribution in [0.3, 0.4) is 0 Å². The summed E-state index contributed by atoms with van der Waals surface area (Å²) in [6.45, 7) is 6.84. The molecule has 5 atom stereocenters. The number of hydrogen-bond donors (Lipinski definition) is 4. The molecule has 292 valence electrons. The number of hydrogen-bond acceptors (Lipinski definition) is 11. The van der Waals surface area contributed by atoms with Crippen LogP contribution in [0.25, 0.3) is 0 Å². The average molecular weight is 761 g/mol. The molecule has 52 heavy (non-hydrogen) atoms. The van der Waals surface area contributed by atoms with E-state index in [0.717, 1.165) is 94.8 Å². The summed E-state index contributed by atoms with van der Waals surface area (Å²) in [4.78, 5) is 32.7. The number of nitrogens with zero attached hydrogens (tertiary/aromatic N) is 2. The van der Waals surface area contributed by atoms with Crippen molar-refractivity contribution in [3.05, 3.63) is 23.3 Å². The number of carbonyl (C=O) groups is 2. The monoisotopic (exact) mass is 760 g/mol. The molecule has 1 saturated heterocycles. The molecule has 5 N–H and O–H groups in total. The van der Waals surface area contributed by atoms with Crippen LogP contribution in [0.2, 0.25) is 0 Å². The van der Waals surface area contributed by atoms with Gasteiger partial charge in [0.2, 0.25) is 5.91 Å². The highest BCUT2D eigenvalue weighted by Gasteiger charge is 2.43. The third-order valence-electron chi connectivity index (χ3n) is 11.7. The molecule has 6 bridgehead atoms. The minimum atomic E-state index is -0.745. The minimum absolute atomic E-state index is 0.0477. The van der Waals surface area contributed by atoms with Gasteiger partial charge in [-0.3, -0.25) is 9.59 Å². The summed E-state index contributed by atoms with van der Waals surface area (Å²) in [6.07, 6.45) is 14.2. The predicted octanol–water partition coefficient (Wildman–Crippen LogP) is 7.47. The zero-order valence-corrected chi connectivity index (χ0v) is 33.4. The van der Waals surface area contributed by atoms with Crippen molar-refractivity contribution in [2.75, 3.05) is 18.2 Å². The summed E-state index contributed by atoms with van der Waals surface area (Å²) in [7, 11) is 3.53. The van der Waals surface area contributed by atoms with Crippen LogP contribution in [-0.4, -0.2) is 75.0 Å². The van der Waals surface area contributed by atoms with E-state index in [1.807, 2.05) is 27.8 Å². The van der Waals surface area contributed by atoms with Crippen LogP contribution in [0.15, 0.2) is 17.1 Å². The molecular formula is C40H64N4O6S2. The first-order valence-electron chi connectivity index (χ1n) is 20.0. The second-order valence-electron chi connectivity index (χ2n) is 16.2. The van der Waals surface area contributed by atoms with E-state index in [0.29, 0.717) is 67.8 Å². The van der Waals surface area contributed by atoms with Gasteiger partial charge in [-0.15, -0.1) is 0 Å².